The van der Waals surface area contributed by atoms with Crippen LogP contribution in [0.5, 0.6) is 0 Å². The number of hydrogen-bond donors (Lipinski definition) is 0. The summed E-state index contributed by atoms with van der Waals surface area (Å²) in [4.78, 5) is 30.1. The number of ether oxygens (including phenoxy) is 1. The number of aromatic nitrogens is 2. The van der Waals surface area contributed by atoms with Gasteiger partial charge in [-0.1, -0.05) is 18.2 Å². The maximum atomic E-state index is 12.9. The third kappa shape index (κ3) is 3.94. The fraction of sp³-hybridized carbons (Fsp3) is 0.267. The predicted molar refractivity (Wildman–Crippen MR) is 92.1 cm³/mol. The zero-order valence-corrected chi connectivity index (χ0v) is 14.8. The van der Waals surface area contributed by atoms with E-state index in [0.29, 0.717) is 0 Å². The van der Waals surface area contributed by atoms with E-state index < -0.39 is 26.7 Å². The topological polar surface area (TPSA) is 133 Å². The van der Waals surface area contributed by atoms with Crippen molar-refractivity contribution < 1.29 is 22.9 Å². The first-order valence-corrected chi connectivity index (χ1v) is 9.04. The number of benzene rings is 1. The summed E-state index contributed by atoms with van der Waals surface area (Å²) in [5.41, 5.74) is -0.540. The smallest absolute Gasteiger partial charge is 0.360 e. The number of nitrogens with zero attached hydrogens (tertiary/aromatic N) is 4. The molecule has 2 rings (SSSR count). The molecule has 10 nitrogen and oxygen atoms in total. The van der Waals surface area contributed by atoms with E-state index in [9.17, 15) is 23.3 Å². The first-order chi connectivity index (χ1) is 12.3. The number of rotatable bonds is 7. The van der Waals surface area contributed by atoms with E-state index in [-0.39, 0.29) is 29.3 Å². The van der Waals surface area contributed by atoms with Crippen molar-refractivity contribution in [2.75, 3.05) is 18.0 Å². The molecule has 0 N–H and O–H groups in total. The Labute approximate surface area is 149 Å². The Morgan fingerprint density at radius 2 is 1.92 bits per heavy atom. The molecule has 1 aromatic carbocycles. The monoisotopic (exact) mass is 380 g/mol. The number of carbonyl (C=O) groups excluding carboxylic acids is 1. The molecule has 0 unspecified atom stereocenters. The number of nitro groups is 1. The third-order valence-electron chi connectivity index (χ3n) is 3.44. The average molecular weight is 380 g/mol. The zero-order valence-electron chi connectivity index (χ0n) is 14.0. The molecule has 1 heterocycles. The first kappa shape index (κ1) is 19.2. The summed E-state index contributed by atoms with van der Waals surface area (Å²) >= 11 is 0. The molecule has 0 aliphatic heterocycles. The zero-order chi connectivity index (χ0) is 19.3. The first-order valence-electron chi connectivity index (χ1n) is 7.43. The van der Waals surface area contributed by atoms with Crippen molar-refractivity contribution in [2.45, 2.75) is 12.7 Å². The highest BCUT2D eigenvalue weighted by Gasteiger charge is 2.30. The quantitative estimate of drug-likeness (QED) is 0.401. The Bertz CT molecular complexity index is 931. The molecule has 1 aromatic heterocycles. The van der Waals surface area contributed by atoms with Crippen molar-refractivity contribution in [3.63, 3.8) is 0 Å². The second-order valence-electron chi connectivity index (χ2n) is 5.03. The summed E-state index contributed by atoms with van der Waals surface area (Å²) in [5.74, 6) is -1.66. The number of anilines is 1. The largest absolute Gasteiger partial charge is 0.464 e. The Hall–Kier alpha value is -3.08. The molecule has 0 radical (unpaired) electrons. The lowest BCUT2D eigenvalue weighted by atomic mass is 10.2. The number of sulfonamides is 1. The number of carbonyl (C=O) groups is 1. The number of para-hydroxylation sites is 1. The van der Waals surface area contributed by atoms with Gasteiger partial charge in [-0.05, 0) is 6.92 Å². The summed E-state index contributed by atoms with van der Waals surface area (Å²) in [5, 5.41) is 11.1. The van der Waals surface area contributed by atoms with E-state index in [1.54, 1.807) is 6.92 Å². The van der Waals surface area contributed by atoms with Crippen LogP contribution in [0.1, 0.15) is 23.0 Å². The molecule has 0 amide bonds. The van der Waals surface area contributed by atoms with Gasteiger partial charge in [0.05, 0.1) is 12.0 Å². The molecule has 0 aliphatic carbocycles. The fourth-order valence-corrected chi connectivity index (χ4v) is 3.90. The van der Waals surface area contributed by atoms with Gasteiger partial charge in [0.1, 0.15) is 5.75 Å². The summed E-state index contributed by atoms with van der Waals surface area (Å²) in [6.45, 7) is 1.50. The second kappa shape index (κ2) is 7.87. The van der Waals surface area contributed by atoms with Crippen molar-refractivity contribution >= 4 is 27.5 Å². The van der Waals surface area contributed by atoms with Gasteiger partial charge in [0.25, 0.3) is 5.69 Å². The van der Waals surface area contributed by atoms with Crippen molar-refractivity contribution in [1.29, 1.82) is 0 Å². The molecule has 26 heavy (non-hydrogen) atoms. The van der Waals surface area contributed by atoms with E-state index in [0.717, 1.165) is 11.4 Å². The SMILES string of the molecule is CCN(c1nccnc1C(=O)OC)S(=O)(=O)Cc1ccccc1[N+](=O)[O-]. The second-order valence-corrected chi connectivity index (χ2v) is 6.92. The van der Waals surface area contributed by atoms with Gasteiger partial charge in [-0.2, -0.15) is 0 Å². The Morgan fingerprint density at radius 1 is 1.27 bits per heavy atom. The molecule has 0 atom stereocenters. The molecule has 0 aliphatic rings. The van der Waals surface area contributed by atoms with Gasteiger partial charge in [0, 0.05) is 30.6 Å². The minimum atomic E-state index is -4.08. The highest BCUT2D eigenvalue weighted by atomic mass is 32.2. The van der Waals surface area contributed by atoms with E-state index in [1.165, 1.54) is 36.7 Å². The van der Waals surface area contributed by atoms with Crippen LogP contribution in [0.25, 0.3) is 0 Å². The molecule has 2 aromatic rings. The van der Waals surface area contributed by atoms with Crippen LogP contribution in [-0.4, -0.2) is 42.9 Å². The van der Waals surface area contributed by atoms with Crippen LogP contribution in [0.15, 0.2) is 36.7 Å². The Balaban J connectivity index is 2.48. The van der Waals surface area contributed by atoms with Crippen LogP contribution in [0, 0.1) is 10.1 Å². The van der Waals surface area contributed by atoms with E-state index >= 15 is 0 Å². The lowest BCUT2D eigenvalue weighted by Gasteiger charge is -2.22. The fourth-order valence-electron chi connectivity index (χ4n) is 2.32. The summed E-state index contributed by atoms with van der Waals surface area (Å²) in [7, 11) is -2.94. The summed E-state index contributed by atoms with van der Waals surface area (Å²) < 4.78 is 31.2. The number of hydrogen-bond acceptors (Lipinski definition) is 8. The lowest BCUT2D eigenvalue weighted by molar-refractivity contribution is -0.385. The van der Waals surface area contributed by atoms with Gasteiger partial charge < -0.3 is 4.74 Å². The molecule has 0 saturated heterocycles. The van der Waals surface area contributed by atoms with Gasteiger partial charge in [0.15, 0.2) is 11.5 Å². The lowest BCUT2D eigenvalue weighted by Crippen LogP contribution is -2.34. The van der Waals surface area contributed by atoms with Crippen LogP contribution in [0.2, 0.25) is 0 Å². The van der Waals surface area contributed by atoms with Gasteiger partial charge >= 0.3 is 5.97 Å². The average Bonchev–Trinajstić information content (AvgIpc) is 2.61. The number of nitro benzene ring substituents is 1. The predicted octanol–water partition coefficient (Wildman–Crippen LogP) is 1.53. The normalized spacial score (nSPS) is 11.0. The minimum Gasteiger partial charge on any atom is -0.464 e. The highest BCUT2D eigenvalue weighted by Crippen LogP contribution is 2.25. The van der Waals surface area contributed by atoms with E-state index in [2.05, 4.69) is 14.7 Å². The highest BCUT2D eigenvalue weighted by molar-refractivity contribution is 7.92. The van der Waals surface area contributed by atoms with Crippen molar-refractivity contribution in [3.8, 4) is 0 Å². The molecule has 0 bridgehead atoms. The third-order valence-corrected chi connectivity index (χ3v) is 5.22. The molecule has 0 saturated carbocycles. The van der Waals surface area contributed by atoms with Gasteiger partial charge in [-0.3, -0.25) is 14.4 Å². The van der Waals surface area contributed by atoms with Crippen molar-refractivity contribution in [1.82, 2.24) is 9.97 Å². The maximum absolute atomic E-state index is 12.9. The van der Waals surface area contributed by atoms with Crippen LogP contribution in [0.4, 0.5) is 11.5 Å². The summed E-state index contributed by atoms with van der Waals surface area (Å²) in [6, 6.07) is 5.55. The molecule has 0 fully saturated rings. The number of esters is 1. The van der Waals surface area contributed by atoms with E-state index in [1.807, 2.05) is 0 Å². The molecule has 0 spiro atoms. The molecule has 138 valence electrons. The van der Waals surface area contributed by atoms with Crippen LogP contribution in [-0.2, 0) is 20.5 Å². The van der Waals surface area contributed by atoms with Crippen LogP contribution in [0.3, 0.4) is 0 Å². The standard InChI is InChI=1S/C15H16N4O6S/c1-3-18(14-13(15(20)25-2)16-8-9-17-14)26(23,24)10-11-6-4-5-7-12(11)19(21)22/h4-9H,3,10H2,1-2H3. The summed E-state index contributed by atoms with van der Waals surface area (Å²) in [6.07, 6.45) is 2.48. The van der Waals surface area contributed by atoms with Crippen LogP contribution < -0.4 is 4.31 Å². The minimum absolute atomic E-state index is 0.0273. The Kier molecular flexibility index (Phi) is 5.82. The maximum Gasteiger partial charge on any atom is 0.360 e. The van der Waals surface area contributed by atoms with Gasteiger partial charge in [-0.25, -0.2) is 23.2 Å². The molecule has 11 heteroatoms. The molecular formula is C15H16N4O6S. The van der Waals surface area contributed by atoms with Gasteiger partial charge in [-0.15, -0.1) is 0 Å². The molecular weight excluding hydrogens is 364 g/mol. The van der Waals surface area contributed by atoms with Crippen molar-refractivity contribution in [3.05, 3.63) is 58.0 Å². The van der Waals surface area contributed by atoms with Crippen molar-refractivity contribution in [2.24, 2.45) is 0 Å². The van der Waals surface area contributed by atoms with E-state index in [4.69, 9.17) is 0 Å². The van der Waals surface area contributed by atoms with Crippen LogP contribution >= 0.6 is 0 Å². The number of methoxy groups -OCH3 is 1. The van der Waals surface area contributed by atoms with Gasteiger partial charge in [0.2, 0.25) is 10.0 Å². The Morgan fingerprint density at radius 3 is 2.54 bits per heavy atom.